The first-order valence-electron chi connectivity index (χ1n) is 12.9. The van der Waals surface area contributed by atoms with Crippen LogP contribution in [0.15, 0.2) is 53.1 Å². The standard InChI is InChI=1S/C28H38N2O6S/c1-20(2)15-24(29-26(32)17-36-27-12-6-7-13-35-27)28(33)30-23(16-21-9-4-3-5-10-21)25(31)19-37-18-22-11-8-14-34-22/h3-5,8-11,14,20,23-24,27H,6-7,12-13,15-19H2,1-2H3,(H,29,32)(H,30,33)/t23-,24?,27-/m0/s1. The third-order valence-electron chi connectivity index (χ3n) is 5.95. The molecule has 202 valence electrons. The van der Waals surface area contributed by atoms with Crippen LogP contribution >= 0.6 is 11.8 Å². The van der Waals surface area contributed by atoms with E-state index in [0.29, 0.717) is 25.2 Å². The molecule has 2 amide bonds. The molecule has 1 aromatic heterocycles. The zero-order valence-electron chi connectivity index (χ0n) is 21.6. The summed E-state index contributed by atoms with van der Waals surface area (Å²) in [5, 5.41) is 5.72. The number of ketones is 1. The van der Waals surface area contributed by atoms with Gasteiger partial charge in [0, 0.05) is 6.61 Å². The molecule has 0 aliphatic carbocycles. The quantitative estimate of drug-likeness (QED) is 0.360. The van der Waals surface area contributed by atoms with Gasteiger partial charge in [0.25, 0.3) is 0 Å². The minimum Gasteiger partial charge on any atom is -0.468 e. The molecule has 2 heterocycles. The summed E-state index contributed by atoms with van der Waals surface area (Å²) in [5.41, 5.74) is 0.947. The highest BCUT2D eigenvalue weighted by molar-refractivity contribution is 7.99. The Morgan fingerprint density at radius 2 is 1.86 bits per heavy atom. The van der Waals surface area contributed by atoms with Crippen molar-refractivity contribution < 1.29 is 28.3 Å². The second-order valence-electron chi connectivity index (χ2n) is 9.65. The van der Waals surface area contributed by atoms with Crippen LogP contribution in [0.1, 0.15) is 50.9 Å². The molecule has 1 aliphatic heterocycles. The number of Topliss-reactive ketones (excluding diaryl/α,β-unsaturated/α-hetero) is 1. The number of rotatable bonds is 15. The van der Waals surface area contributed by atoms with E-state index >= 15 is 0 Å². The van der Waals surface area contributed by atoms with E-state index in [1.165, 1.54) is 11.8 Å². The van der Waals surface area contributed by atoms with E-state index in [-0.39, 0.29) is 42.2 Å². The number of thioether (sulfide) groups is 1. The van der Waals surface area contributed by atoms with Gasteiger partial charge in [-0.3, -0.25) is 14.4 Å². The SMILES string of the molecule is CC(C)CC(NC(=O)CO[C@H]1CCCCO1)C(=O)N[C@@H](Cc1ccccc1)C(=O)CSCc1ccco1. The topological polar surface area (TPSA) is 107 Å². The summed E-state index contributed by atoms with van der Waals surface area (Å²) in [6.45, 7) is 4.41. The van der Waals surface area contributed by atoms with Gasteiger partial charge in [0.1, 0.15) is 18.4 Å². The average molecular weight is 531 g/mol. The van der Waals surface area contributed by atoms with Gasteiger partial charge in [0.15, 0.2) is 12.1 Å². The maximum absolute atomic E-state index is 13.3. The monoisotopic (exact) mass is 530 g/mol. The van der Waals surface area contributed by atoms with Crippen molar-refractivity contribution in [3.05, 3.63) is 60.1 Å². The summed E-state index contributed by atoms with van der Waals surface area (Å²) in [7, 11) is 0. The fourth-order valence-electron chi connectivity index (χ4n) is 4.07. The summed E-state index contributed by atoms with van der Waals surface area (Å²) in [4.78, 5) is 39.1. The molecule has 0 radical (unpaired) electrons. The highest BCUT2D eigenvalue weighted by Crippen LogP contribution is 2.16. The van der Waals surface area contributed by atoms with Crippen molar-refractivity contribution in [3.8, 4) is 0 Å². The third kappa shape index (κ3) is 10.7. The second kappa shape index (κ2) is 15.6. The maximum atomic E-state index is 13.3. The lowest BCUT2D eigenvalue weighted by Gasteiger charge is -2.25. The molecule has 1 saturated heterocycles. The maximum Gasteiger partial charge on any atom is 0.246 e. The van der Waals surface area contributed by atoms with Gasteiger partial charge >= 0.3 is 0 Å². The van der Waals surface area contributed by atoms with Crippen molar-refractivity contribution in [2.75, 3.05) is 19.0 Å². The number of nitrogens with one attached hydrogen (secondary N) is 2. The van der Waals surface area contributed by atoms with E-state index in [2.05, 4.69) is 10.6 Å². The van der Waals surface area contributed by atoms with Gasteiger partial charge in [-0.1, -0.05) is 44.2 Å². The lowest BCUT2D eigenvalue weighted by Crippen LogP contribution is -2.53. The van der Waals surface area contributed by atoms with Crippen LogP contribution < -0.4 is 10.6 Å². The van der Waals surface area contributed by atoms with E-state index in [1.807, 2.05) is 56.3 Å². The Bertz CT molecular complexity index is 960. The predicted octanol–water partition coefficient (Wildman–Crippen LogP) is 3.88. The number of carbonyl (C=O) groups is 3. The number of hydrogen-bond donors (Lipinski definition) is 2. The van der Waals surface area contributed by atoms with Crippen LogP contribution in [0.25, 0.3) is 0 Å². The molecular weight excluding hydrogens is 492 g/mol. The van der Waals surface area contributed by atoms with E-state index in [4.69, 9.17) is 13.9 Å². The minimum atomic E-state index is -0.773. The zero-order chi connectivity index (χ0) is 26.5. The van der Waals surface area contributed by atoms with Crippen molar-refractivity contribution >= 4 is 29.4 Å². The summed E-state index contributed by atoms with van der Waals surface area (Å²) in [6.07, 6.45) is 4.78. The highest BCUT2D eigenvalue weighted by atomic mass is 32.2. The van der Waals surface area contributed by atoms with Gasteiger partial charge in [0.05, 0.1) is 23.8 Å². The van der Waals surface area contributed by atoms with Crippen LogP contribution in [0.5, 0.6) is 0 Å². The second-order valence-corrected chi connectivity index (χ2v) is 10.6. The Kier molecular flexibility index (Phi) is 12.2. The normalized spacial score (nSPS) is 17.2. The van der Waals surface area contributed by atoms with Crippen molar-refractivity contribution in [1.82, 2.24) is 10.6 Å². The fraction of sp³-hybridized carbons (Fsp3) is 0.536. The third-order valence-corrected chi connectivity index (χ3v) is 6.93. The Labute approximate surface area is 223 Å². The van der Waals surface area contributed by atoms with Crippen LogP contribution in [0, 0.1) is 5.92 Å². The number of amides is 2. The predicted molar refractivity (Wildman–Crippen MR) is 143 cm³/mol. The minimum absolute atomic E-state index is 0.0823. The highest BCUT2D eigenvalue weighted by Gasteiger charge is 2.28. The van der Waals surface area contributed by atoms with Gasteiger partial charge in [-0.05, 0) is 55.7 Å². The Balaban J connectivity index is 1.60. The van der Waals surface area contributed by atoms with E-state index in [1.54, 1.807) is 6.26 Å². The van der Waals surface area contributed by atoms with Crippen molar-refractivity contribution in [3.63, 3.8) is 0 Å². The first-order valence-corrected chi connectivity index (χ1v) is 14.1. The Hall–Kier alpha value is -2.62. The summed E-state index contributed by atoms with van der Waals surface area (Å²) < 4.78 is 16.4. The molecule has 8 nitrogen and oxygen atoms in total. The number of benzene rings is 1. The molecule has 9 heteroatoms. The zero-order valence-corrected chi connectivity index (χ0v) is 22.5. The molecule has 0 bridgehead atoms. The van der Waals surface area contributed by atoms with Crippen LogP contribution in [-0.2, 0) is 36.0 Å². The summed E-state index contributed by atoms with van der Waals surface area (Å²) >= 11 is 1.44. The van der Waals surface area contributed by atoms with E-state index in [0.717, 1.165) is 30.6 Å². The molecule has 2 aromatic rings. The van der Waals surface area contributed by atoms with Crippen LogP contribution in [-0.4, -0.2) is 54.9 Å². The molecule has 1 aromatic carbocycles. The number of furan rings is 1. The first kappa shape index (κ1) is 28.9. The molecule has 1 unspecified atom stereocenters. The van der Waals surface area contributed by atoms with Gasteiger partial charge in [-0.2, -0.15) is 0 Å². The molecule has 3 atom stereocenters. The lowest BCUT2D eigenvalue weighted by atomic mass is 10.00. The van der Waals surface area contributed by atoms with Crippen molar-refractivity contribution in [2.45, 2.75) is 70.1 Å². The van der Waals surface area contributed by atoms with Gasteiger partial charge in [0.2, 0.25) is 11.8 Å². The number of carbonyl (C=O) groups excluding carboxylic acids is 3. The lowest BCUT2D eigenvalue weighted by molar-refractivity contribution is -0.170. The van der Waals surface area contributed by atoms with E-state index < -0.39 is 12.1 Å². The molecule has 3 rings (SSSR count). The summed E-state index contributed by atoms with van der Waals surface area (Å²) in [5.74, 6) is 0.918. The average Bonchev–Trinajstić information content (AvgIpc) is 3.41. The fourth-order valence-corrected chi connectivity index (χ4v) is 4.94. The molecule has 0 spiro atoms. The largest absolute Gasteiger partial charge is 0.468 e. The smallest absolute Gasteiger partial charge is 0.246 e. The molecule has 1 fully saturated rings. The molecule has 1 aliphatic rings. The van der Waals surface area contributed by atoms with E-state index in [9.17, 15) is 14.4 Å². The van der Waals surface area contributed by atoms with Crippen molar-refractivity contribution in [2.24, 2.45) is 5.92 Å². The molecule has 37 heavy (non-hydrogen) atoms. The molecular formula is C28H38N2O6S. The van der Waals surface area contributed by atoms with Crippen LogP contribution in [0.4, 0.5) is 0 Å². The Morgan fingerprint density at radius 1 is 1.05 bits per heavy atom. The van der Waals surface area contributed by atoms with Gasteiger partial charge < -0.3 is 24.5 Å². The number of hydrogen-bond acceptors (Lipinski definition) is 7. The van der Waals surface area contributed by atoms with Crippen LogP contribution in [0.2, 0.25) is 0 Å². The van der Waals surface area contributed by atoms with Gasteiger partial charge in [-0.25, -0.2) is 0 Å². The Morgan fingerprint density at radius 3 is 2.54 bits per heavy atom. The summed E-state index contributed by atoms with van der Waals surface area (Å²) in [6, 6.07) is 11.8. The van der Waals surface area contributed by atoms with Crippen LogP contribution in [0.3, 0.4) is 0 Å². The molecule has 0 saturated carbocycles. The first-order chi connectivity index (χ1) is 17.9. The molecule has 2 N–H and O–H groups in total. The van der Waals surface area contributed by atoms with Crippen molar-refractivity contribution in [1.29, 1.82) is 0 Å². The number of ether oxygens (including phenoxy) is 2. The van der Waals surface area contributed by atoms with Gasteiger partial charge in [-0.15, -0.1) is 11.8 Å².